The highest BCUT2D eigenvalue weighted by Gasteiger charge is 2.10. The highest BCUT2D eigenvalue weighted by atomic mass is 32.2. The van der Waals surface area contributed by atoms with Crippen LogP contribution in [-0.4, -0.2) is 22.8 Å². The lowest BCUT2D eigenvalue weighted by atomic mass is 10.1. The Balaban J connectivity index is 1.99. The summed E-state index contributed by atoms with van der Waals surface area (Å²) in [6.45, 7) is 2.17. The van der Waals surface area contributed by atoms with Crippen LogP contribution in [0.15, 0.2) is 47.9 Å². The third kappa shape index (κ3) is 4.04. The van der Waals surface area contributed by atoms with Gasteiger partial charge in [0.2, 0.25) is 0 Å². The molecule has 100 valence electrons. The second-order valence-corrected chi connectivity index (χ2v) is 5.27. The molecule has 0 aliphatic heterocycles. The number of nitrogens with zero attached hydrogens (tertiary/aromatic N) is 2. The molecule has 2 aromatic rings. The zero-order valence-corrected chi connectivity index (χ0v) is 12.2. The van der Waals surface area contributed by atoms with Crippen molar-refractivity contribution in [2.75, 3.05) is 12.8 Å². The molecule has 0 saturated heterocycles. The van der Waals surface area contributed by atoms with Gasteiger partial charge in [0.05, 0.1) is 0 Å². The van der Waals surface area contributed by atoms with Crippen molar-refractivity contribution in [3.05, 3.63) is 53.9 Å². The van der Waals surface area contributed by atoms with Crippen molar-refractivity contribution in [2.45, 2.75) is 24.5 Å². The van der Waals surface area contributed by atoms with Gasteiger partial charge in [0, 0.05) is 24.2 Å². The summed E-state index contributed by atoms with van der Waals surface area (Å²) in [6, 6.07) is 11.0. The van der Waals surface area contributed by atoms with Gasteiger partial charge in [-0.1, -0.05) is 43.0 Å². The van der Waals surface area contributed by atoms with Gasteiger partial charge in [0.25, 0.3) is 0 Å². The average molecular weight is 273 g/mol. The lowest BCUT2D eigenvalue weighted by Gasteiger charge is -2.16. The van der Waals surface area contributed by atoms with E-state index in [1.807, 2.05) is 13.1 Å². The van der Waals surface area contributed by atoms with Crippen LogP contribution in [0.2, 0.25) is 0 Å². The highest BCUT2D eigenvalue weighted by Crippen LogP contribution is 2.22. The third-order valence-electron chi connectivity index (χ3n) is 3.06. The van der Waals surface area contributed by atoms with Crippen LogP contribution in [0.3, 0.4) is 0 Å². The lowest BCUT2D eigenvalue weighted by molar-refractivity contribution is 0.660. The second-order valence-electron chi connectivity index (χ2n) is 4.28. The summed E-state index contributed by atoms with van der Waals surface area (Å²) in [6.07, 6.45) is 4.64. The van der Waals surface area contributed by atoms with Crippen LogP contribution >= 0.6 is 11.8 Å². The first-order chi connectivity index (χ1) is 9.33. The van der Waals surface area contributed by atoms with Crippen LogP contribution in [0, 0.1) is 0 Å². The van der Waals surface area contributed by atoms with E-state index in [9.17, 15) is 0 Å². The molecule has 0 saturated carbocycles. The minimum absolute atomic E-state index is 0.319. The summed E-state index contributed by atoms with van der Waals surface area (Å²) in [5.74, 6) is 0.923. The summed E-state index contributed by atoms with van der Waals surface area (Å²) in [7, 11) is 1.99. The third-order valence-corrected chi connectivity index (χ3v) is 4.03. The Hall–Kier alpha value is -1.39. The van der Waals surface area contributed by atoms with Crippen LogP contribution in [0.1, 0.15) is 24.1 Å². The van der Waals surface area contributed by atoms with E-state index < -0.39 is 0 Å². The monoisotopic (exact) mass is 273 g/mol. The molecular formula is C15H19N3S. The van der Waals surface area contributed by atoms with Crippen LogP contribution in [0.4, 0.5) is 0 Å². The van der Waals surface area contributed by atoms with Crippen molar-refractivity contribution in [3.63, 3.8) is 0 Å². The maximum atomic E-state index is 4.23. The second kappa shape index (κ2) is 7.26. The molecule has 0 aliphatic carbocycles. The largest absolute Gasteiger partial charge is 0.312 e. The van der Waals surface area contributed by atoms with E-state index >= 15 is 0 Å². The molecule has 3 nitrogen and oxygen atoms in total. The predicted molar refractivity (Wildman–Crippen MR) is 80.4 cm³/mol. The standard InChI is InChI=1S/C15H19N3S/c1-3-12-5-7-13(8-6-12)14(16-2)11-19-15-17-9-4-10-18-15/h4-10,14,16H,3,11H2,1-2H3. The number of thioether (sulfide) groups is 1. The molecular weight excluding hydrogens is 254 g/mol. The molecule has 0 aliphatic rings. The summed E-state index contributed by atoms with van der Waals surface area (Å²) in [5, 5.41) is 4.18. The van der Waals surface area contributed by atoms with Crippen molar-refractivity contribution in [1.29, 1.82) is 0 Å². The molecule has 1 aromatic carbocycles. The van der Waals surface area contributed by atoms with E-state index in [4.69, 9.17) is 0 Å². The number of benzene rings is 1. The quantitative estimate of drug-likeness (QED) is 0.648. The minimum Gasteiger partial charge on any atom is -0.312 e. The lowest BCUT2D eigenvalue weighted by Crippen LogP contribution is -2.18. The Bertz CT molecular complexity index is 485. The van der Waals surface area contributed by atoms with Crippen molar-refractivity contribution >= 4 is 11.8 Å². The zero-order chi connectivity index (χ0) is 13.5. The van der Waals surface area contributed by atoms with Crippen molar-refractivity contribution in [2.24, 2.45) is 0 Å². The fourth-order valence-electron chi connectivity index (χ4n) is 1.85. The van der Waals surface area contributed by atoms with Crippen molar-refractivity contribution < 1.29 is 0 Å². The highest BCUT2D eigenvalue weighted by molar-refractivity contribution is 7.99. The van der Waals surface area contributed by atoms with Gasteiger partial charge >= 0.3 is 0 Å². The van der Waals surface area contributed by atoms with E-state index in [1.165, 1.54) is 11.1 Å². The Labute approximate surface area is 118 Å². The molecule has 1 heterocycles. The molecule has 0 fully saturated rings. The van der Waals surface area contributed by atoms with Gasteiger partial charge in [0.1, 0.15) is 0 Å². The number of rotatable bonds is 6. The minimum atomic E-state index is 0.319. The number of aryl methyl sites for hydroxylation is 1. The van der Waals surface area contributed by atoms with Gasteiger partial charge in [-0.25, -0.2) is 9.97 Å². The first-order valence-corrected chi connectivity index (χ1v) is 7.48. The van der Waals surface area contributed by atoms with E-state index in [0.717, 1.165) is 17.3 Å². The molecule has 1 atom stereocenters. The smallest absolute Gasteiger partial charge is 0.187 e. The average Bonchev–Trinajstić information content (AvgIpc) is 2.49. The molecule has 0 bridgehead atoms. The summed E-state index contributed by atoms with van der Waals surface area (Å²) < 4.78 is 0. The van der Waals surface area contributed by atoms with E-state index in [1.54, 1.807) is 24.2 Å². The normalized spacial score (nSPS) is 12.3. The Morgan fingerprint density at radius 1 is 1.16 bits per heavy atom. The summed E-state index contributed by atoms with van der Waals surface area (Å²) in [4.78, 5) is 8.46. The van der Waals surface area contributed by atoms with Crippen LogP contribution < -0.4 is 5.32 Å². The number of hydrogen-bond donors (Lipinski definition) is 1. The van der Waals surface area contributed by atoms with Gasteiger partial charge in [0.15, 0.2) is 5.16 Å². The first-order valence-electron chi connectivity index (χ1n) is 6.49. The van der Waals surface area contributed by atoms with Gasteiger partial charge in [-0.2, -0.15) is 0 Å². The zero-order valence-electron chi connectivity index (χ0n) is 11.3. The van der Waals surface area contributed by atoms with Crippen LogP contribution in [0.25, 0.3) is 0 Å². The van der Waals surface area contributed by atoms with Gasteiger partial charge in [-0.3, -0.25) is 0 Å². The first kappa shape index (κ1) is 14.0. The van der Waals surface area contributed by atoms with Crippen LogP contribution in [-0.2, 0) is 6.42 Å². The Kier molecular flexibility index (Phi) is 5.36. The predicted octanol–water partition coefficient (Wildman–Crippen LogP) is 3.09. The van der Waals surface area contributed by atoms with Gasteiger partial charge in [-0.05, 0) is 30.7 Å². The molecule has 1 N–H and O–H groups in total. The topological polar surface area (TPSA) is 37.8 Å². The Morgan fingerprint density at radius 3 is 2.42 bits per heavy atom. The number of nitrogens with one attached hydrogen (secondary N) is 1. The van der Waals surface area contributed by atoms with Gasteiger partial charge < -0.3 is 5.32 Å². The van der Waals surface area contributed by atoms with Crippen molar-refractivity contribution in [3.8, 4) is 0 Å². The van der Waals surface area contributed by atoms with Crippen molar-refractivity contribution in [1.82, 2.24) is 15.3 Å². The summed E-state index contributed by atoms with van der Waals surface area (Å²) >= 11 is 1.67. The Morgan fingerprint density at radius 2 is 1.84 bits per heavy atom. The molecule has 2 rings (SSSR count). The molecule has 1 unspecified atom stereocenters. The molecule has 0 radical (unpaired) electrons. The fraction of sp³-hybridized carbons (Fsp3) is 0.333. The van der Waals surface area contributed by atoms with E-state index in [2.05, 4.69) is 46.5 Å². The number of hydrogen-bond acceptors (Lipinski definition) is 4. The molecule has 4 heteroatoms. The maximum absolute atomic E-state index is 4.23. The van der Waals surface area contributed by atoms with E-state index in [0.29, 0.717) is 6.04 Å². The molecule has 0 spiro atoms. The van der Waals surface area contributed by atoms with E-state index in [-0.39, 0.29) is 0 Å². The molecule has 19 heavy (non-hydrogen) atoms. The SMILES string of the molecule is CCc1ccc(C(CSc2ncccn2)NC)cc1. The molecule has 0 amide bonds. The molecule has 1 aromatic heterocycles. The maximum Gasteiger partial charge on any atom is 0.187 e. The van der Waals surface area contributed by atoms with Crippen LogP contribution in [0.5, 0.6) is 0 Å². The fourth-order valence-corrected chi connectivity index (χ4v) is 2.80. The van der Waals surface area contributed by atoms with Gasteiger partial charge in [-0.15, -0.1) is 0 Å². The summed E-state index contributed by atoms with van der Waals surface area (Å²) in [5.41, 5.74) is 2.68. The number of aromatic nitrogens is 2.